The van der Waals surface area contributed by atoms with E-state index in [1.807, 2.05) is 13.0 Å². The van der Waals surface area contributed by atoms with Crippen molar-refractivity contribution in [2.24, 2.45) is 11.8 Å². The van der Waals surface area contributed by atoms with Crippen LogP contribution in [0.25, 0.3) is 22.9 Å². The summed E-state index contributed by atoms with van der Waals surface area (Å²) < 4.78 is 29.8. The van der Waals surface area contributed by atoms with Crippen molar-refractivity contribution in [1.29, 1.82) is 0 Å². The number of aromatic nitrogens is 5. The molecule has 0 radical (unpaired) electrons. The maximum Gasteiger partial charge on any atom is 0.248 e. The molecule has 3 heterocycles. The second kappa shape index (κ2) is 8.93. The van der Waals surface area contributed by atoms with E-state index in [1.54, 1.807) is 41.6 Å². The van der Waals surface area contributed by atoms with Gasteiger partial charge in [0.2, 0.25) is 5.92 Å². The summed E-state index contributed by atoms with van der Waals surface area (Å²) >= 11 is 0. The first-order chi connectivity index (χ1) is 15.3. The molecule has 32 heavy (non-hydrogen) atoms. The minimum Gasteiger partial charge on any atom is -0.394 e. The molecule has 3 aromatic rings. The van der Waals surface area contributed by atoms with Crippen LogP contribution in [0.4, 0.5) is 8.78 Å². The third kappa shape index (κ3) is 4.64. The van der Waals surface area contributed by atoms with Gasteiger partial charge >= 0.3 is 0 Å². The molecule has 172 valence electrons. The van der Waals surface area contributed by atoms with Gasteiger partial charge in [0.05, 0.1) is 54.8 Å². The van der Waals surface area contributed by atoms with Crippen LogP contribution in [0.1, 0.15) is 31.9 Å². The Labute approximate surface area is 183 Å². The number of nitrogens with zero attached hydrogens (tertiary/aromatic N) is 6. The number of fused-ring (bicyclic) bond motifs is 1. The predicted molar refractivity (Wildman–Crippen MR) is 114 cm³/mol. The second-order valence-electron chi connectivity index (χ2n) is 8.22. The molecule has 1 aliphatic rings. The maximum atomic E-state index is 13.3. The van der Waals surface area contributed by atoms with Crippen LogP contribution in [0.5, 0.6) is 0 Å². The molecule has 0 aromatic carbocycles. The van der Waals surface area contributed by atoms with Crippen LogP contribution < -0.4 is 5.84 Å². The smallest absolute Gasteiger partial charge is 0.248 e. The molecule has 0 aliphatic heterocycles. The molecule has 9 nitrogen and oxygen atoms in total. The minimum atomic E-state index is -2.58. The van der Waals surface area contributed by atoms with Crippen LogP contribution in [-0.4, -0.2) is 64.3 Å². The molecular formula is C21H27F2N7O2. The second-order valence-corrected chi connectivity index (χ2v) is 8.22. The molecule has 1 saturated carbocycles. The Morgan fingerprint density at radius 2 is 2.12 bits per heavy atom. The lowest BCUT2D eigenvalue weighted by Gasteiger charge is -2.42. The Morgan fingerprint density at radius 1 is 1.34 bits per heavy atom. The number of aliphatic hydroxyl groups excluding tert-OH is 2. The molecule has 0 saturated heterocycles. The van der Waals surface area contributed by atoms with Crippen molar-refractivity contribution in [3.63, 3.8) is 0 Å². The van der Waals surface area contributed by atoms with Crippen molar-refractivity contribution in [1.82, 2.24) is 29.4 Å². The zero-order valence-electron chi connectivity index (χ0n) is 17.7. The van der Waals surface area contributed by atoms with E-state index in [0.717, 1.165) is 11.1 Å². The van der Waals surface area contributed by atoms with Crippen molar-refractivity contribution in [3.05, 3.63) is 42.7 Å². The quantitative estimate of drug-likeness (QED) is 0.339. The predicted octanol–water partition coefficient (Wildman–Crippen LogP) is 1.92. The van der Waals surface area contributed by atoms with E-state index >= 15 is 0 Å². The molecule has 0 amide bonds. The average molecular weight is 447 g/mol. The molecule has 3 aromatic heterocycles. The highest BCUT2D eigenvalue weighted by molar-refractivity contribution is 5.69. The monoisotopic (exact) mass is 447 g/mol. The number of halogens is 2. The molecular weight excluding hydrogens is 420 g/mol. The van der Waals surface area contributed by atoms with Crippen LogP contribution in [0, 0.1) is 5.92 Å². The van der Waals surface area contributed by atoms with Crippen LogP contribution in [0.3, 0.4) is 0 Å². The number of alkyl halides is 2. The Morgan fingerprint density at radius 3 is 2.81 bits per heavy atom. The van der Waals surface area contributed by atoms with Gasteiger partial charge < -0.3 is 15.2 Å². The highest BCUT2D eigenvalue weighted by Crippen LogP contribution is 2.45. The van der Waals surface area contributed by atoms with Crippen LogP contribution in [-0.2, 0) is 6.54 Å². The number of nitrogens with two attached hydrogens (primary N) is 1. The number of aliphatic hydroxyl groups is 2. The Kier molecular flexibility index (Phi) is 6.22. The van der Waals surface area contributed by atoms with E-state index in [1.165, 1.54) is 9.69 Å². The first-order valence-corrected chi connectivity index (χ1v) is 10.5. The van der Waals surface area contributed by atoms with Crippen molar-refractivity contribution in [2.75, 3.05) is 6.61 Å². The number of hydrazine groups is 1. The van der Waals surface area contributed by atoms with Gasteiger partial charge in [0.1, 0.15) is 0 Å². The Hall–Kier alpha value is -2.89. The summed E-state index contributed by atoms with van der Waals surface area (Å²) in [7, 11) is 0. The van der Waals surface area contributed by atoms with Gasteiger partial charge in [0, 0.05) is 36.8 Å². The summed E-state index contributed by atoms with van der Waals surface area (Å²) in [6, 6.07) is 1.65. The zero-order valence-corrected chi connectivity index (χ0v) is 17.7. The lowest BCUT2D eigenvalue weighted by Crippen LogP contribution is -2.50. The number of rotatable bonds is 9. The first kappa shape index (κ1) is 22.3. The van der Waals surface area contributed by atoms with Gasteiger partial charge in [-0.3, -0.25) is 4.68 Å². The van der Waals surface area contributed by atoms with Gasteiger partial charge in [0.15, 0.2) is 0 Å². The van der Waals surface area contributed by atoms with Crippen molar-refractivity contribution in [2.45, 2.75) is 50.8 Å². The lowest BCUT2D eigenvalue weighted by atomic mass is 9.75. The largest absolute Gasteiger partial charge is 0.394 e. The molecule has 4 rings (SSSR count). The highest BCUT2D eigenvalue weighted by atomic mass is 19.3. The summed E-state index contributed by atoms with van der Waals surface area (Å²) in [4.78, 5) is 4.70. The summed E-state index contributed by atoms with van der Waals surface area (Å²) in [6.07, 6.45) is 9.68. The third-order valence-corrected chi connectivity index (χ3v) is 5.83. The van der Waals surface area contributed by atoms with Crippen molar-refractivity contribution in [3.8, 4) is 11.3 Å². The summed E-state index contributed by atoms with van der Waals surface area (Å²) in [6.45, 7) is 1.75. The SMILES string of the molecule is CCC(C1CC(F)(F)C1)N(N)/C=C/c1nc(-c2cnn(C[C@@H](O)CO)c2)cn2nccc12. The number of hydrogen-bond donors (Lipinski definition) is 3. The van der Waals surface area contributed by atoms with E-state index in [9.17, 15) is 13.9 Å². The highest BCUT2D eigenvalue weighted by Gasteiger charge is 2.48. The lowest BCUT2D eigenvalue weighted by molar-refractivity contribution is -0.128. The molecule has 0 spiro atoms. The van der Waals surface area contributed by atoms with E-state index in [0.29, 0.717) is 17.8 Å². The minimum absolute atomic E-state index is 0.136. The first-order valence-electron chi connectivity index (χ1n) is 10.5. The van der Waals surface area contributed by atoms with Crippen molar-refractivity contribution >= 4 is 11.6 Å². The van der Waals surface area contributed by atoms with Gasteiger partial charge in [-0.1, -0.05) is 6.92 Å². The fraction of sp³-hybridized carbons (Fsp3) is 0.476. The Balaban J connectivity index is 1.57. The Bertz CT molecular complexity index is 1090. The standard InChI is InChI=1S/C21H27F2N7O2/c1-2-19(14-7-21(22,23)8-14)29(24)6-4-17-20-3-5-25-30(20)12-18(27-17)15-9-26-28(10-15)11-16(32)13-31/h3-6,9-10,12,14,16,19,31-32H,2,7-8,11,13,24H2,1H3/b6-4+/t16-,19?/m1/s1. The van der Waals surface area contributed by atoms with Crippen LogP contribution in [0.15, 0.2) is 37.1 Å². The van der Waals surface area contributed by atoms with Gasteiger partial charge in [-0.15, -0.1) is 0 Å². The van der Waals surface area contributed by atoms with Gasteiger partial charge in [-0.05, 0) is 24.5 Å². The zero-order chi connectivity index (χ0) is 22.9. The van der Waals surface area contributed by atoms with Gasteiger partial charge in [-0.2, -0.15) is 10.2 Å². The van der Waals surface area contributed by atoms with E-state index in [-0.39, 0.29) is 38.0 Å². The van der Waals surface area contributed by atoms with Gasteiger partial charge in [0.25, 0.3) is 0 Å². The van der Waals surface area contributed by atoms with Crippen molar-refractivity contribution < 1.29 is 19.0 Å². The third-order valence-electron chi connectivity index (χ3n) is 5.83. The molecule has 1 aliphatic carbocycles. The molecule has 2 atom stereocenters. The average Bonchev–Trinajstić information content (AvgIpc) is 3.40. The number of hydrogen-bond acceptors (Lipinski definition) is 7. The normalized spacial score (nSPS) is 18.2. The molecule has 11 heteroatoms. The molecule has 1 fully saturated rings. The molecule has 1 unspecified atom stereocenters. The summed E-state index contributed by atoms with van der Waals surface area (Å²) in [5.41, 5.74) is 2.71. The molecule has 4 N–H and O–H groups in total. The van der Waals surface area contributed by atoms with Crippen LogP contribution in [0.2, 0.25) is 0 Å². The van der Waals surface area contributed by atoms with E-state index in [4.69, 9.17) is 15.9 Å². The topological polar surface area (TPSA) is 118 Å². The fourth-order valence-electron chi connectivity index (χ4n) is 4.12. The van der Waals surface area contributed by atoms with E-state index < -0.39 is 12.0 Å². The van der Waals surface area contributed by atoms with Crippen LogP contribution >= 0.6 is 0 Å². The van der Waals surface area contributed by atoms with Gasteiger partial charge in [-0.25, -0.2) is 24.1 Å². The van der Waals surface area contributed by atoms with E-state index in [2.05, 4.69) is 10.2 Å². The summed E-state index contributed by atoms with van der Waals surface area (Å²) in [5, 5.41) is 28.6. The fourth-order valence-corrected chi connectivity index (χ4v) is 4.12. The molecule has 0 bridgehead atoms. The maximum absolute atomic E-state index is 13.3. The summed E-state index contributed by atoms with van der Waals surface area (Å²) in [5.74, 6) is 3.48.